The Hall–Kier alpha value is -1.06. The summed E-state index contributed by atoms with van der Waals surface area (Å²) in [6.07, 6.45) is 1.15. The van der Waals surface area contributed by atoms with Gasteiger partial charge >= 0.3 is 6.01 Å². The van der Waals surface area contributed by atoms with Gasteiger partial charge < -0.3 is 10.2 Å². The Labute approximate surface area is 58.4 Å². The van der Waals surface area contributed by atoms with Crippen LogP contribution in [0.15, 0.2) is 4.42 Å². The van der Waals surface area contributed by atoms with Crippen LogP contribution in [0.2, 0.25) is 0 Å². The number of hydrogen-bond acceptors (Lipinski definition) is 4. The third-order valence-corrected chi connectivity index (χ3v) is 1.88. The molecule has 0 unspecified atom stereocenters. The summed E-state index contributed by atoms with van der Waals surface area (Å²) < 4.78 is 5.03. The van der Waals surface area contributed by atoms with Crippen molar-refractivity contribution in [2.45, 2.75) is 19.3 Å². The van der Waals surface area contributed by atoms with Crippen molar-refractivity contribution in [1.82, 2.24) is 10.2 Å². The maximum Gasteiger partial charge on any atom is 0.312 e. The van der Waals surface area contributed by atoms with E-state index in [-0.39, 0.29) is 6.01 Å². The lowest BCUT2D eigenvalue weighted by atomic mass is 10.3. The number of anilines is 1. The molecule has 2 N–H and O–H groups in total. The molecule has 1 heterocycles. The fraction of sp³-hybridized carbons (Fsp3) is 0.667. The van der Waals surface area contributed by atoms with Crippen molar-refractivity contribution in [3.63, 3.8) is 0 Å². The van der Waals surface area contributed by atoms with Crippen LogP contribution in [-0.2, 0) is 0 Å². The van der Waals surface area contributed by atoms with Crippen molar-refractivity contribution >= 4 is 6.01 Å². The minimum Gasteiger partial charge on any atom is -0.408 e. The standard InChI is InChI=1S/C6H9N3O/c1-3-2-4(3)5-8-9-6(7)10-5/h3-4H,2H2,1H3,(H2,7,9)/t3-,4+/m1/s1. The predicted octanol–water partition coefficient (Wildman–Crippen LogP) is 0.775. The van der Waals surface area contributed by atoms with E-state index in [1.807, 2.05) is 0 Å². The molecule has 10 heavy (non-hydrogen) atoms. The number of rotatable bonds is 1. The molecule has 1 fully saturated rings. The smallest absolute Gasteiger partial charge is 0.312 e. The first-order valence-corrected chi connectivity index (χ1v) is 3.36. The van der Waals surface area contributed by atoms with Gasteiger partial charge in [0.15, 0.2) is 0 Å². The molecule has 1 saturated carbocycles. The fourth-order valence-electron chi connectivity index (χ4n) is 1.06. The number of nitrogens with two attached hydrogens (primary N) is 1. The highest BCUT2D eigenvalue weighted by Crippen LogP contribution is 2.46. The van der Waals surface area contributed by atoms with E-state index in [1.54, 1.807) is 0 Å². The molecule has 0 saturated heterocycles. The predicted molar refractivity (Wildman–Crippen MR) is 35.2 cm³/mol. The highest BCUT2D eigenvalue weighted by Gasteiger charge is 2.38. The lowest BCUT2D eigenvalue weighted by Gasteiger charge is -1.83. The maximum absolute atomic E-state index is 5.25. The molecule has 0 aromatic carbocycles. The van der Waals surface area contributed by atoms with Crippen molar-refractivity contribution in [2.75, 3.05) is 5.73 Å². The number of hydrogen-bond donors (Lipinski definition) is 1. The van der Waals surface area contributed by atoms with Gasteiger partial charge in [-0.25, -0.2) is 0 Å². The molecule has 0 radical (unpaired) electrons. The Morgan fingerprint density at radius 1 is 1.60 bits per heavy atom. The van der Waals surface area contributed by atoms with Gasteiger partial charge in [-0.3, -0.25) is 0 Å². The molecule has 1 aliphatic rings. The van der Waals surface area contributed by atoms with Crippen molar-refractivity contribution in [3.8, 4) is 0 Å². The lowest BCUT2D eigenvalue weighted by Crippen LogP contribution is -1.81. The average molecular weight is 139 g/mol. The topological polar surface area (TPSA) is 64.9 Å². The Morgan fingerprint density at radius 2 is 2.30 bits per heavy atom. The number of nitrogen functional groups attached to an aromatic ring is 1. The molecule has 4 nitrogen and oxygen atoms in total. The second kappa shape index (κ2) is 1.71. The van der Waals surface area contributed by atoms with Crippen LogP contribution in [0, 0.1) is 5.92 Å². The molecule has 1 aliphatic carbocycles. The molecule has 0 aliphatic heterocycles. The summed E-state index contributed by atoms with van der Waals surface area (Å²) in [5.41, 5.74) is 5.25. The molecule has 4 heteroatoms. The van der Waals surface area contributed by atoms with Crippen LogP contribution in [0.25, 0.3) is 0 Å². The molecule has 54 valence electrons. The highest BCUT2D eigenvalue weighted by atomic mass is 16.4. The number of nitrogens with zero attached hydrogens (tertiary/aromatic N) is 2. The first-order valence-electron chi connectivity index (χ1n) is 3.36. The molecule has 1 aromatic rings. The zero-order valence-electron chi connectivity index (χ0n) is 5.74. The van der Waals surface area contributed by atoms with E-state index in [1.165, 1.54) is 0 Å². The van der Waals surface area contributed by atoms with E-state index < -0.39 is 0 Å². The molecule has 2 atom stereocenters. The van der Waals surface area contributed by atoms with E-state index in [4.69, 9.17) is 10.2 Å². The minimum atomic E-state index is 0.175. The van der Waals surface area contributed by atoms with E-state index in [0.717, 1.165) is 6.42 Å². The fourth-order valence-corrected chi connectivity index (χ4v) is 1.06. The Kier molecular flexibility index (Phi) is 0.977. The van der Waals surface area contributed by atoms with E-state index in [9.17, 15) is 0 Å². The van der Waals surface area contributed by atoms with Gasteiger partial charge in [0.1, 0.15) is 0 Å². The van der Waals surface area contributed by atoms with Gasteiger partial charge in [0.05, 0.1) is 0 Å². The Balaban J connectivity index is 2.20. The Morgan fingerprint density at radius 3 is 2.70 bits per heavy atom. The summed E-state index contributed by atoms with van der Waals surface area (Å²) in [4.78, 5) is 0. The zero-order valence-corrected chi connectivity index (χ0v) is 5.74. The summed E-state index contributed by atoms with van der Waals surface area (Å²) in [6.45, 7) is 2.16. The van der Waals surface area contributed by atoms with Crippen LogP contribution in [0.4, 0.5) is 6.01 Å². The van der Waals surface area contributed by atoms with Gasteiger partial charge in [0, 0.05) is 5.92 Å². The second-order valence-electron chi connectivity index (χ2n) is 2.80. The van der Waals surface area contributed by atoms with Crippen LogP contribution in [0.1, 0.15) is 25.2 Å². The van der Waals surface area contributed by atoms with Crippen LogP contribution in [0.3, 0.4) is 0 Å². The lowest BCUT2D eigenvalue weighted by molar-refractivity contribution is 0.506. The Bertz CT molecular complexity index is 245. The van der Waals surface area contributed by atoms with Crippen LogP contribution in [0.5, 0.6) is 0 Å². The second-order valence-corrected chi connectivity index (χ2v) is 2.80. The molecule has 0 bridgehead atoms. The first-order chi connectivity index (χ1) is 4.77. The van der Waals surface area contributed by atoms with Crippen LogP contribution in [-0.4, -0.2) is 10.2 Å². The quantitative estimate of drug-likeness (QED) is 0.624. The molecule has 0 amide bonds. The van der Waals surface area contributed by atoms with Gasteiger partial charge in [-0.1, -0.05) is 12.0 Å². The number of aromatic nitrogens is 2. The van der Waals surface area contributed by atoms with Crippen molar-refractivity contribution in [2.24, 2.45) is 5.92 Å². The largest absolute Gasteiger partial charge is 0.408 e. The van der Waals surface area contributed by atoms with Crippen molar-refractivity contribution in [3.05, 3.63) is 5.89 Å². The third-order valence-electron chi connectivity index (χ3n) is 1.88. The monoisotopic (exact) mass is 139 g/mol. The normalized spacial score (nSPS) is 30.5. The summed E-state index contributed by atoms with van der Waals surface area (Å²) in [7, 11) is 0. The van der Waals surface area contributed by atoms with Crippen LogP contribution < -0.4 is 5.73 Å². The van der Waals surface area contributed by atoms with Gasteiger partial charge in [-0.15, -0.1) is 5.10 Å². The van der Waals surface area contributed by atoms with Gasteiger partial charge in [0.25, 0.3) is 0 Å². The summed E-state index contributed by atoms with van der Waals surface area (Å²) in [5, 5.41) is 7.36. The summed E-state index contributed by atoms with van der Waals surface area (Å²) >= 11 is 0. The first kappa shape index (κ1) is 5.70. The molecule has 0 spiro atoms. The van der Waals surface area contributed by atoms with Crippen molar-refractivity contribution < 1.29 is 4.42 Å². The molecular formula is C6H9N3O. The van der Waals surface area contributed by atoms with E-state index in [2.05, 4.69) is 17.1 Å². The summed E-state index contributed by atoms with van der Waals surface area (Å²) in [6, 6.07) is 0.175. The molecule has 1 aromatic heterocycles. The molecular weight excluding hydrogens is 130 g/mol. The average Bonchev–Trinajstić information content (AvgIpc) is 2.42. The van der Waals surface area contributed by atoms with Gasteiger partial charge in [-0.05, 0) is 12.3 Å². The molecule has 2 rings (SSSR count). The van der Waals surface area contributed by atoms with E-state index in [0.29, 0.717) is 17.7 Å². The van der Waals surface area contributed by atoms with Crippen molar-refractivity contribution in [1.29, 1.82) is 0 Å². The SMILES string of the molecule is C[C@@H]1C[C@@H]1c1nnc(N)o1. The zero-order chi connectivity index (χ0) is 7.14. The highest BCUT2D eigenvalue weighted by molar-refractivity contribution is 5.11. The minimum absolute atomic E-state index is 0.175. The summed E-state index contributed by atoms with van der Waals surface area (Å²) in [5.74, 6) is 1.87. The van der Waals surface area contributed by atoms with Crippen LogP contribution >= 0.6 is 0 Å². The van der Waals surface area contributed by atoms with Gasteiger partial charge in [-0.2, -0.15) is 0 Å². The van der Waals surface area contributed by atoms with Gasteiger partial charge in [0.2, 0.25) is 5.89 Å². The maximum atomic E-state index is 5.25. The van der Waals surface area contributed by atoms with E-state index >= 15 is 0 Å². The third kappa shape index (κ3) is 0.761.